The van der Waals surface area contributed by atoms with Crippen LogP contribution in [0.3, 0.4) is 0 Å². The molecule has 0 unspecified atom stereocenters. The Morgan fingerprint density at radius 3 is 0.761 bits per heavy atom. The van der Waals surface area contributed by atoms with Crippen molar-refractivity contribution in [3.63, 3.8) is 0 Å². The van der Waals surface area contributed by atoms with Gasteiger partial charge in [0.15, 0.2) is 0 Å². The maximum atomic E-state index is 8.89. The standard InChI is InChI=1S/2C12H12N2.C2H4O2.2ClHO4.2Cu.2H2O/c2*1-9-3-5-13-11(7-9)12-8-10(2)4-6-14-12;1-2(3)4;2*2-1(3,4)5;;;;/h2*3-8H,1-2H3;1H3,(H,3,4);2*(H,2,3,4,5);;;2*1H2/q;;;;;2*+2;;/p-4. The zero-order valence-electron chi connectivity index (χ0n) is 24.6. The number of pyridine rings is 4. The fraction of sp³-hybridized carbons (Fsp3) is 0.192. The van der Waals surface area contributed by atoms with E-state index >= 15 is 0 Å². The first-order valence-corrected chi connectivity index (χ1v) is 13.8. The maximum absolute atomic E-state index is 8.89. The number of carboxylic acids is 1. The van der Waals surface area contributed by atoms with E-state index in [0.29, 0.717) is 0 Å². The van der Waals surface area contributed by atoms with Crippen LogP contribution in [-0.2, 0) is 38.9 Å². The van der Waals surface area contributed by atoms with Crippen LogP contribution in [0.1, 0.15) is 29.2 Å². The summed E-state index contributed by atoms with van der Waals surface area (Å²) in [5.74, 6) is -1.08. The Balaban J connectivity index is -0.000000165. The molecule has 0 aromatic carbocycles. The molecule has 4 heterocycles. The molecule has 262 valence electrons. The van der Waals surface area contributed by atoms with Gasteiger partial charge < -0.3 is 20.9 Å². The van der Waals surface area contributed by atoms with Gasteiger partial charge in [-0.25, -0.2) is 37.3 Å². The van der Waals surface area contributed by atoms with Crippen LogP contribution in [0.2, 0.25) is 0 Å². The second-order valence-electron chi connectivity index (χ2n) is 8.12. The van der Waals surface area contributed by atoms with Crippen LogP contribution in [0.15, 0.2) is 73.3 Å². The van der Waals surface area contributed by atoms with Crippen LogP contribution in [0.4, 0.5) is 0 Å². The molecule has 0 aliphatic rings. The quantitative estimate of drug-likeness (QED) is 0.171. The predicted molar refractivity (Wildman–Crippen MR) is 130 cm³/mol. The van der Waals surface area contributed by atoms with Crippen LogP contribution in [0, 0.1) is 48.2 Å². The second-order valence-corrected chi connectivity index (χ2v) is 9.63. The molecule has 0 amide bonds. The summed E-state index contributed by atoms with van der Waals surface area (Å²) in [6.07, 6.45) is 7.26. The molecule has 0 fully saturated rings. The molecule has 46 heavy (non-hydrogen) atoms. The number of carboxylic acid groups (broad SMARTS) is 1. The largest absolute Gasteiger partial charge is 2.00 e. The SMILES string of the molecule is CC(=O)[O-].Cc1ccnc(-c2cc(C)ccn2)c1.Cc1ccnc(-c2cc(C)ccn2)c1.O.[Cu+2].[Cu+2].[O-][Cl+3]([O-])([O-])[O-].[O-][Cl+3]([O-])([O-])[O-].[OH-]. The fourth-order valence-electron chi connectivity index (χ4n) is 2.70. The minimum atomic E-state index is -4.94. The van der Waals surface area contributed by atoms with E-state index in [1.165, 1.54) is 22.3 Å². The van der Waals surface area contributed by atoms with Gasteiger partial charge in [0.2, 0.25) is 0 Å². The smallest absolute Gasteiger partial charge is 0.870 e. The van der Waals surface area contributed by atoms with E-state index in [1.54, 1.807) is 0 Å². The Morgan fingerprint density at radius 2 is 0.652 bits per heavy atom. The van der Waals surface area contributed by atoms with E-state index in [0.717, 1.165) is 29.7 Å². The molecule has 2 radical (unpaired) electrons. The number of aromatic nitrogens is 4. The second kappa shape index (κ2) is 26.4. The van der Waals surface area contributed by atoms with Crippen molar-refractivity contribution in [1.82, 2.24) is 19.9 Å². The molecule has 0 atom stereocenters. The molecule has 0 spiro atoms. The van der Waals surface area contributed by atoms with Crippen molar-refractivity contribution in [2.45, 2.75) is 34.6 Å². The van der Waals surface area contributed by atoms with Crippen molar-refractivity contribution in [3.05, 3.63) is 95.6 Å². The van der Waals surface area contributed by atoms with Crippen LogP contribution >= 0.6 is 0 Å². The van der Waals surface area contributed by atoms with Crippen LogP contribution in [-0.4, -0.2) is 36.9 Å². The summed E-state index contributed by atoms with van der Waals surface area (Å²) in [6.45, 7) is 9.20. The minimum Gasteiger partial charge on any atom is -0.870 e. The summed E-state index contributed by atoms with van der Waals surface area (Å²) < 4.78 is 67.9. The summed E-state index contributed by atoms with van der Waals surface area (Å²) in [6, 6.07) is 16.1. The van der Waals surface area contributed by atoms with E-state index in [1.807, 2.05) is 73.3 Å². The van der Waals surface area contributed by atoms with Crippen molar-refractivity contribution < 1.29 is 113 Å². The van der Waals surface area contributed by atoms with Gasteiger partial charge in [-0.15, -0.1) is 20.5 Å². The third-order valence-electron chi connectivity index (χ3n) is 4.19. The summed E-state index contributed by atoms with van der Waals surface area (Å²) in [4.78, 5) is 26.0. The first kappa shape index (κ1) is 52.8. The van der Waals surface area contributed by atoms with Crippen LogP contribution in [0.25, 0.3) is 22.8 Å². The molecular formula is C26H30Cl2Cu2N4O12. The number of hydrogen-bond acceptors (Lipinski definition) is 15. The van der Waals surface area contributed by atoms with Crippen LogP contribution in [0.5, 0.6) is 0 Å². The van der Waals surface area contributed by atoms with Gasteiger partial charge in [0.25, 0.3) is 0 Å². The molecule has 16 nitrogen and oxygen atoms in total. The number of nitrogens with zero attached hydrogens (tertiary/aromatic N) is 4. The molecule has 0 aliphatic heterocycles. The normalized spacial score (nSPS) is 9.33. The van der Waals surface area contributed by atoms with Crippen molar-refractivity contribution in [2.24, 2.45) is 0 Å². The summed E-state index contributed by atoms with van der Waals surface area (Å²) in [5, 5.41) is 8.89. The molecule has 0 aliphatic carbocycles. The van der Waals surface area contributed by atoms with E-state index < -0.39 is 26.5 Å². The molecule has 4 aromatic heterocycles. The molecule has 0 bridgehead atoms. The monoisotopic (exact) mass is 786 g/mol. The zero-order valence-corrected chi connectivity index (χ0v) is 28.0. The van der Waals surface area contributed by atoms with Crippen molar-refractivity contribution in [1.29, 1.82) is 0 Å². The first-order chi connectivity index (χ1) is 19.2. The molecule has 0 saturated heterocycles. The van der Waals surface area contributed by atoms with E-state index in [9.17, 15) is 0 Å². The molecule has 20 heteroatoms. The van der Waals surface area contributed by atoms with Crippen LogP contribution < -0.4 is 42.4 Å². The Hall–Kier alpha value is -2.71. The van der Waals surface area contributed by atoms with Crippen molar-refractivity contribution in [3.8, 4) is 22.8 Å². The third kappa shape index (κ3) is 32.7. The summed E-state index contributed by atoms with van der Waals surface area (Å²) in [5.41, 5.74) is 8.58. The Labute approximate surface area is 290 Å². The number of carbonyl (C=O) groups is 1. The summed E-state index contributed by atoms with van der Waals surface area (Å²) in [7, 11) is -9.89. The number of aliphatic carboxylic acids is 1. The van der Waals surface area contributed by atoms with Gasteiger partial charge in [0.1, 0.15) is 0 Å². The van der Waals surface area contributed by atoms with Crippen molar-refractivity contribution >= 4 is 5.97 Å². The van der Waals surface area contributed by atoms with Crippen molar-refractivity contribution in [2.75, 3.05) is 0 Å². The van der Waals surface area contributed by atoms with E-state index in [2.05, 4.69) is 47.6 Å². The van der Waals surface area contributed by atoms with E-state index in [-0.39, 0.29) is 45.1 Å². The molecule has 4 aromatic rings. The topological polar surface area (TPSA) is 338 Å². The van der Waals surface area contributed by atoms with Gasteiger partial charge in [-0.1, -0.05) is 0 Å². The van der Waals surface area contributed by atoms with Gasteiger partial charge in [-0.05, 0) is 105 Å². The maximum Gasteiger partial charge on any atom is 2.00 e. The fourth-order valence-corrected chi connectivity index (χ4v) is 2.70. The minimum absolute atomic E-state index is 0. The number of hydrogen-bond donors (Lipinski definition) is 0. The Bertz CT molecular complexity index is 1200. The first-order valence-electron chi connectivity index (χ1n) is 11.4. The third-order valence-corrected chi connectivity index (χ3v) is 4.19. The van der Waals surface area contributed by atoms with Gasteiger partial charge >= 0.3 is 34.1 Å². The van der Waals surface area contributed by atoms with Gasteiger partial charge in [0.05, 0.1) is 22.8 Å². The van der Waals surface area contributed by atoms with Gasteiger partial charge in [-0.3, -0.25) is 19.9 Å². The molecule has 4 rings (SSSR count). The summed E-state index contributed by atoms with van der Waals surface area (Å²) >= 11 is 0. The molecule has 3 N–H and O–H groups in total. The Morgan fingerprint density at radius 1 is 0.522 bits per heavy atom. The predicted octanol–water partition coefficient (Wildman–Crippen LogP) is -6.24. The number of halogens is 2. The van der Waals surface area contributed by atoms with E-state index in [4.69, 9.17) is 47.2 Å². The average molecular weight is 789 g/mol. The average Bonchev–Trinajstić information content (AvgIpc) is 2.82. The Kier molecular flexibility index (Phi) is 30.3. The number of aryl methyl sites for hydroxylation is 4. The number of carbonyl (C=O) groups excluding carboxylic acids is 1. The molecular weight excluding hydrogens is 758 g/mol. The van der Waals surface area contributed by atoms with Gasteiger partial charge in [0, 0.05) is 30.8 Å². The molecule has 0 saturated carbocycles. The zero-order chi connectivity index (χ0) is 32.5. The van der Waals surface area contributed by atoms with Gasteiger partial charge in [-0.2, -0.15) is 0 Å². The number of rotatable bonds is 2.